The molecule has 0 fully saturated rings. The minimum atomic E-state index is -4.06. The highest BCUT2D eigenvalue weighted by atomic mass is 35.5. The molecule has 35 heavy (non-hydrogen) atoms. The van der Waals surface area contributed by atoms with Gasteiger partial charge in [-0.15, -0.1) is 0 Å². The van der Waals surface area contributed by atoms with Crippen LogP contribution in [0, 0.1) is 5.41 Å². The maximum atomic E-state index is 14.1. The quantitative estimate of drug-likeness (QED) is 0.535. The number of rotatable bonds is 5. The monoisotopic (exact) mass is 544 g/mol. The molecule has 2 atom stereocenters. The highest BCUT2D eigenvalue weighted by Crippen LogP contribution is 2.46. The number of nitrogens with one attached hydrogen (secondary N) is 1. The van der Waals surface area contributed by atoms with Crippen LogP contribution in [0.3, 0.4) is 0 Å². The Hall–Kier alpha value is -2.07. The summed E-state index contributed by atoms with van der Waals surface area (Å²) in [4.78, 5) is 26.3. The van der Waals surface area contributed by atoms with Crippen molar-refractivity contribution in [2.45, 2.75) is 45.3 Å². The molecule has 1 aromatic carbocycles. The van der Waals surface area contributed by atoms with Crippen LogP contribution in [-0.2, 0) is 24.2 Å². The summed E-state index contributed by atoms with van der Waals surface area (Å²) in [5, 5.41) is 12.5. The first-order chi connectivity index (χ1) is 16.2. The number of hydrogen-bond acceptors (Lipinski definition) is 7. The van der Waals surface area contributed by atoms with Crippen LogP contribution in [0.1, 0.15) is 45.6 Å². The summed E-state index contributed by atoms with van der Waals surface area (Å²) in [7, 11) is -2.27. The molecule has 0 aromatic heterocycles. The minimum absolute atomic E-state index is 0.0406. The van der Waals surface area contributed by atoms with Crippen molar-refractivity contribution in [1.82, 2.24) is 10.2 Å². The number of sulfone groups is 1. The van der Waals surface area contributed by atoms with Crippen molar-refractivity contribution in [3.63, 3.8) is 0 Å². The Bertz CT molecular complexity index is 1220. The van der Waals surface area contributed by atoms with Gasteiger partial charge < -0.3 is 15.2 Å². The molecule has 0 spiro atoms. The molecule has 2 aliphatic heterocycles. The van der Waals surface area contributed by atoms with Crippen molar-refractivity contribution >= 4 is 45.0 Å². The lowest BCUT2D eigenvalue weighted by Gasteiger charge is -2.32. The number of carbonyl (C=O) groups excluding carboxylic acids is 1. The minimum Gasteiger partial charge on any atom is -0.478 e. The summed E-state index contributed by atoms with van der Waals surface area (Å²) < 4.78 is 33.5. The van der Waals surface area contributed by atoms with Crippen molar-refractivity contribution in [2.24, 2.45) is 5.41 Å². The van der Waals surface area contributed by atoms with Gasteiger partial charge in [-0.2, -0.15) is 0 Å². The molecule has 0 saturated heterocycles. The molecule has 2 N–H and O–H groups in total. The van der Waals surface area contributed by atoms with Gasteiger partial charge in [0.25, 0.3) is 0 Å². The van der Waals surface area contributed by atoms with Crippen LogP contribution in [0.25, 0.3) is 0 Å². The summed E-state index contributed by atoms with van der Waals surface area (Å²) in [6, 6.07) is 4.76. The third-order valence-electron chi connectivity index (χ3n) is 6.09. The van der Waals surface area contributed by atoms with Gasteiger partial charge in [0.1, 0.15) is 0 Å². The van der Waals surface area contributed by atoms with Gasteiger partial charge >= 0.3 is 11.9 Å². The Morgan fingerprint density at radius 3 is 2.51 bits per heavy atom. The largest absolute Gasteiger partial charge is 0.478 e. The van der Waals surface area contributed by atoms with E-state index in [9.17, 15) is 23.1 Å². The highest BCUT2D eigenvalue weighted by molar-refractivity contribution is 7.96. The number of carboxylic acids is 1. The van der Waals surface area contributed by atoms with E-state index in [-0.39, 0.29) is 46.6 Å². The zero-order valence-electron chi connectivity index (χ0n) is 20.3. The number of allylic oxidation sites excluding steroid dienone is 2. The topological polar surface area (TPSA) is 113 Å². The number of hydrogen-bond donors (Lipinski definition) is 2. The number of nitrogens with zero attached hydrogens (tertiary/aromatic N) is 1. The Labute approximate surface area is 215 Å². The first-order valence-electron chi connectivity index (χ1n) is 11.1. The van der Waals surface area contributed by atoms with Gasteiger partial charge in [-0.1, -0.05) is 35.3 Å². The summed E-state index contributed by atoms with van der Waals surface area (Å²) >= 11 is 12.7. The molecule has 192 valence electrons. The van der Waals surface area contributed by atoms with Crippen LogP contribution in [-0.4, -0.2) is 62.4 Å². The molecule has 0 radical (unpaired) electrons. The van der Waals surface area contributed by atoms with Gasteiger partial charge in [0.15, 0.2) is 9.84 Å². The Balaban J connectivity index is 2.11. The average molecular weight is 545 g/mol. The fourth-order valence-electron chi connectivity index (χ4n) is 4.36. The van der Waals surface area contributed by atoms with Crippen LogP contribution in [0.2, 0.25) is 10.0 Å². The molecule has 0 bridgehead atoms. The van der Waals surface area contributed by atoms with Crippen LogP contribution >= 0.6 is 23.2 Å². The number of aliphatic carboxylic acids is 1. The van der Waals surface area contributed by atoms with Crippen molar-refractivity contribution in [3.05, 3.63) is 55.7 Å². The smallest absolute Gasteiger partial charge is 0.334 e. The third-order valence-corrected chi connectivity index (χ3v) is 9.28. The molecule has 3 rings (SSSR count). The van der Waals surface area contributed by atoms with E-state index in [4.69, 9.17) is 27.9 Å². The Morgan fingerprint density at radius 1 is 1.26 bits per heavy atom. The number of dihydropyridines is 1. The molecule has 1 aromatic rings. The highest BCUT2D eigenvalue weighted by Gasteiger charge is 2.46. The van der Waals surface area contributed by atoms with Crippen molar-refractivity contribution < 1.29 is 27.9 Å². The lowest BCUT2D eigenvalue weighted by Crippen LogP contribution is -2.36. The molecule has 0 aliphatic carbocycles. The first kappa shape index (κ1) is 27.5. The molecule has 0 saturated carbocycles. The number of likely N-dealkylation sites (N-methyl/N-ethyl adjacent to an activating group) is 1. The van der Waals surface area contributed by atoms with Crippen molar-refractivity contribution in [2.75, 3.05) is 26.7 Å². The normalized spacial score (nSPS) is 22.8. The van der Waals surface area contributed by atoms with E-state index in [1.165, 1.54) is 0 Å². The molecule has 0 amide bonds. The number of esters is 1. The average Bonchev–Trinajstić information content (AvgIpc) is 2.81. The van der Waals surface area contributed by atoms with Crippen LogP contribution < -0.4 is 5.32 Å². The Kier molecular flexibility index (Phi) is 7.96. The molecule has 8 nitrogen and oxygen atoms in total. The van der Waals surface area contributed by atoms with Crippen LogP contribution in [0.5, 0.6) is 0 Å². The predicted octanol–water partition coefficient (Wildman–Crippen LogP) is 3.96. The van der Waals surface area contributed by atoms with E-state index in [0.717, 1.165) is 0 Å². The van der Waals surface area contributed by atoms with Gasteiger partial charge in [-0.05, 0) is 52.8 Å². The standard InChI is InChI=1S/C24H30Cl2N2O6S/c1-13-18(22(29)30)19(15-7-6-8-16(25)20(15)26)21-17(27-13)12-28(5)11-14(35(21,32)33)9-10-34-23(31)24(2,3)4/h6-8,14,19,27H,9-12H2,1-5H3,(H,29,30). The second-order valence-electron chi connectivity index (χ2n) is 9.93. The number of benzene rings is 1. The van der Waals surface area contributed by atoms with Gasteiger partial charge in [-0.25, -0.2) is 13.2 Å². The Morgan fingerprint density at radius 2 is 1.91 bits per heavy atom. The van der Waals surface area contributed by atoms with E-state index in [0.29, 0.717) is 17.0 Å². The molecular formula is C24H30Cl2N2O6S. The van der Waals surface area contributed by atoms with Crippen molar-refractivity contribution in [1.29, 1.82) is 0 Å². The van der Waals surface area contributed by atoms with E-state index in [2.05, 4.69) is 5.32 Å². The summed E-state index contributed by atoms with van der Waals surface area (Å²) in [5.74, 6) is -2.83. The second kappa shape index (κ2) is 10.1. The molecule has 11 heteroatoms. The lowest BCUT2D eigenvalue weighted by atomic mass is 9.86. The maximum absolute atomic E-state index is 14.1. The van der Waals surface area contributed by atoms with Gasteiger partial charge in [0.05, 0.1) is 43.7 Å². The van der Waals surface area contributed by atoms with E-state index in [1.807, 2.05) is 4.90 Å². The summed E-state index contributed by atoms with van der Waals surface area (Å²) in [6.45, 7) is 7.12. The molecular weight excluding hydrogens is 515 g/mol. The SMILES string of the molecule is CC1=C(C(=O)O)C(c2cccc(Cl)c2Cl)C2=C(CN(C)CC(CCOC(=O)C(C)(C)C)S2(=O)=O)N1. The zero-order valence-corrected chi connectivity index (χ0v) is 22.6. The second-order valence-corrected chi connectivity index (χ2v) is 12.9. The van der Waals surface area contributed by atoms with Crippen molar-refractivity contribution in [3.8, 4) is 0 Å². The summed E-state index contributed by atoms with van der Waals surface area (Å²) in [6.07, 6.45) is 0.0619. The van der Waals surface area contributed by atoms with Crippen LogP contribution in [0.15, 0.2) is 40.1 Å². The lowest BCUT2D eigenvalue weighted by molar-refractivity contribution is -0.153. The van der Waals surface area contributed by atoms with Gasteiger partial charge in [0.2, 0.25) is 0 Å². The number of carboxylic acid groups (broad SMARTS) is 1. The number of carbonyl (C=O) groups is 2. The van der Waals surface area contributed by atoms with E-state index in [1.54, 1.807) is 52.9 Å². The molecule has 2 unspecified atom stereocenters. The first-order valence-corrected chi connectivity index (χ1v) is 13.4. The predicted molar refractivity (Wildman–Crippen MR) is 135 cm³/mol. The van der Waals surface area contributed by atoms with Gasteiger partial charge in [0, 0.05) is 24.5 Å². The van der Waals surface area contributed by atoms with E-state index < -0.39 is 38.4 Å². The third kappa shape index (κ3) is 5.53. The maximum Gasteiger partial charge on any atom is 0.334 e. The van der Waals surface area contributed by atoms with E-state index >= 15 is 0 Å². The zero-order chi connectivity index (χ0) is 26.3. The number of halogens is 2. The van der Waals surface area contributed by atoms with Gasteiger partial charge in [-0.3, -0.25) is 9.69 Å². The summed E-state index contributed by atoms with van der Waals surface area (Å²) in [5.41, 5.74) is 0.202. The number of ether oxygens (including phenoxy) is 1. The fourth-order valence-corrected chi connectivity index (χ4v) is 7.03. The van der Waals surface area contributed by atoms with Crippen LogP contribution in [0.4, 0.5) is 0 Å². The molecule has 2 heterocycles. The fraction of sp³-hybridized carbons (Fsp3) is 0.500. The molecule has 2 aliphatic rings.